The molecule has 6 heteroatoms. The topological polar surface area (TPSA) is 61.2 Å². The van der Waals surface area contributed by atoms with Gasteiger partial charge < -0.3 is 4.74 Å². The summed E-state index contributed by atoms with van der Waals surface area (Å²) < 4.78 is 7.15. The fraction of sp³-hybridized carbons (Fsp3) is 0.148. The molecule has 0 spiro atoms. The Balaban J connectivity index is 1.50. The lowest BCUT2D eigenvalue weighted by Gasteiger charge is -2.11. The molecule has 33 heavy (non-hydrogen) atoms. The van der Waals surface area contributed by atoms with Crippen molar-refractivity contribution in [2.45, 2.75) is 26.4 Å². The van der Waals surface area contributed by atoms with Crippen molar-refractivity contribution in [3.63, 3.8) is 0 Å². The second-order valence-electron chi connectivity index (χ2n) is 7.52. The molecule has 0 radical (unpaired) electrons. The molecule has 0 aliphatic carbocycles. The van der Waals surface area contributed by atoms with Crippen LogP contribution in [0.4, 0.5) is 0 Å². The maximum absolute atomic E-state index is 12.6. The first-order chi connectivity index (χ1) is 16.0. The van der Waals surface area contributed by atoms with Crippen LogP contribution in [0.1, 0.15) is 35.3 Å². The van der Waals surface area contributed by atoms with Crippen LogP contribution in [-0.2, 0) is 16.0 Å². The lowest BCUT2D eigenvalue weighted by Crippen LogP contribution is -2.23. The lowest BCUT2D eigenvalue weighted by molar-refractivity contribution is -0.140. The van der Waals surface area contributed by atoms with Gasteiger partial charge >= 0.3 is 5.97 Å². The molecule has 1 unspecified atom stereocenters. The van der Waals surface area contributed by atoms with Gasteiger partial charge in [-0.3, -0.25) is 4.79 Å². The molecule has 4 aromatic rings. The Morgan fingerprint density at radius 3 is 2.48 bits per heavy atom. The SMILES string of the molecule is CCc1ccc(C(=O)C(C)OC(=O)C=Cc2cn(-c3ccccc3)nc2-c2cccs2)cc1. The van der Waals surface area contributed by atoms with Gasteiger partial charge in [-0.05, 0) is 48.6 Å². The number of Topliss-reactive ketones (excluding diaryl/α,β-unsaturated/α-hetero) is 1. The molecule has 2 aromatic heterocycles. The zero-order valence-corrected chi connectivity index (χ0v) is 19.3. The van der Waals surface area contributed by atoms with Gasteiger partial charge in [0.25, 0.3) is 0 Å². The molecule has 0 fully saturated rings. The highest BCUT2D eigenvalue weighted by Crippen LogP contribution is 2.28. The first-order valence-corrected chi connectivity index (χ1v) is 11.6. The summed E-state index contributed by atoms with van der Waals surface area (Å²) in [4.78, 5) is 26.1. The Morgan fingerprint density at radius 1 is 1.06 bits per heavy atom. The van der Waals surface area contributed by atoms with Gasteiger partial charge in [-0.2, -0.15) is 5.10 Å². The van der Waals surface area contributed by atoms with Crippen LogP contribution in [0.25, 0.3) is 22.3 Å². The van der Waals surface area contributed by atoms with E-state index in [9.17, 15) is 9.59 Å². The number of aromatic nitrogens is 2. The van der Waals surface area contributed by atoms with Crippen molar-refractivity contribution in [3.05, 3.63) is 101 Å². The van der Waals surface area contributed by atoms with Crippen LogP contribution in [0.2, 0.25) is 0 Å². The molecule has 0 amide bonds. The van der Waals surface area contributed by atoms with Crippen LogP contribution in [0.5, 0.6) is 0 Å². The average molecular weight is 457 g/mol. The van der Waals surface area contributed by atoms with Gasteiger partial charge in [-0.15, -0.1) is 11.3 Å². The van der Waals surface area contributed by atoms with E-state index in [-0.39, 0.29) is 5.78 Å². The summed E-state index contributed by atoms with van der Waals surface area (Å²) in [5.41, 5.74) is 4.16. The molecule has 1 atom stereocenters. The van der Waals surface area contributed by atoms with Crippen molar-refractivity contribution >= 4 is 29.2 Å². The number of esters is 1. The summed E-state index contributed by atoms with van der Waals surface area (Å²) >= 11 is 1.58. The second-order valence-corrected chi connectivity index (χ2v) is 8.47. The summed E-state index contributed by atoms with van der Waals surface area (Å²) in [7, 11) is 0. The number of nitrogens with zero attached hydrogens (tertiary/aromatic N) is 2. The Bertz CT molecular complexity index is 1260. The quantitative estimate of drug-likeness (QED) is 0.186. The largest absolute Gasteiger partial charge is 0.451 e. The van der Waals surface area contributed by atoms with E-state index in [2.05, 4.69) is 6.92 Å². The molecule has 0 aliphatic rings. The molecule has 4 rings (SSSR count). The van der Waals surface area contributed by atoms with Gasteiger partial charge in [0.1, 0.15) is 5.69 Å². The second kappa shape index (κ2) is 10.2. The first-order valence-electron chi connectivity index (χ1n) is 10.8. The monoisotopic (exact) mass is 456 g/mol. The number of carbonyl (C=O) groups excluding carboxylic acids is 2. The number of ether oxygens (including phenoxy) is 1. The van der Waals surface area contributed by atoms with Gasteiger partial charge in [0.15, 0.2) is 6.10 Å². The van der Waals surface area contributed by atoms with Crippen LogP contribution in [0.15, 0.2) is 84.4 Å². The van der Waals surface area contributed by atoms with Crippen molar-refractivity contribution in [2.75, 3.05) is 0 Å². The molecule has 166 valence electrons. The Labute approximate surface area is 197 Å². The highest BCUT2D eigenvalue weighted by atomic mass is 32.1. The molecule has 0 saturated heterocycles. The van der Waals surface area contributed by atoms with Crippen molar-refractivity contribution in [1.82, 2.24) is 9.78 Å². The van der Waals surface area contributed by atoms with Gasteiger partial charge in [-0.25, -0.2) is 9.48 Å². The van der Waals surface area contributed by atoms with Crippen molar-refractivity contribution < 1.29 is 14.3 Å². The number of hydrogen-bond acceptors (Lipinski definition) is 5. The Hall–Kier alpha value is -3.77. The van der Waals surface area contributed by atoms with Crippen LogP contribution in [-0.4, -0.2) is 27.6 Å². The van der Waals surface area contributed by atoms with Crippen LogP contribution in [0.3, 0.4) is 0 Å². The third kappa shape index (κ3) is 5.35. The number of hydrogen-bond donors (Lipinski definition) is 0. The molecule has 0 saturated carbocycles. The third-order valence-electron chi connectivity index (χ3n) is 5.23. The normalized spacial score (nSPS) is 12.1. The van der Waals surface area contributed by atoms with Gasteiger partial charge in [0.05, 0.1) is 10.6 Å². The zero-order valence-electron chi connectivity index (χ0n) is 18.5. The molecule has 0 aliphatic heterocycles. The third-order valence-corrected chi connectivity index (χ3v) is 6.10. The molecule has 2 heterocycles. The highest BCUT2D eigenvalue weighted by Gasteiger charge is 2.19. The Morgan fingerprint density at radius 2 is 1.82 bits per heavy atom. The minimum absolute atomic E-state index is 0.226. The fourth-order valence-electron chi connectivity index (χ4n) is 3.39. The number of para-hydroxylation sites is 1. The molecule has 2 aromatic carbocycles. The number of carbonyl (C=O) groups is 2. The molecule has 5 nitrogen and oxygen atoms in total. The standard InChI is InChI=1S/C27H24N2O3S/c1-3-20-11-13-21(14-12-20)27(31)19(2)32-25(30)16-15-22-18-29(23-8-5-4-6-9-23)28-26(22)24-10-7-17-33-24/h4-19H,3H2,1-2H3. The zero-order chi connectivity index (χ0) is 23.2. The number of aryl methyl sites for hydroxylation is 1. The van der Waals surface area contributed by atoms with E-state index in [0.717, 1.165) is 33.8 Å². The molecule has 0 bridgehead atoms. The van der Waals surface area contributed by atoms with E-state index in [0.29, 0.717) is 5.56 Å². The maximum atomic E-state index is 12.6. The van der Waals surface area contributed by atoms with Gasteiger partial charge in [-0.1, -0.05) is 55.5 Å². The number of rotatable bonds is 8. The summed E-state index contributed by atoms with van der Waals surface area (Å²) in [6, 6.07) is 21.1. The predicted molar refractivity (Wildman–Crippen MR) is 132 cm³/mol. The van der Waals surface area contributed by atoms with Gasteiger partial charge in [0, 0.05) is 23.4 Å². The first kappa shape index (κ1) is 22.4. The highest BCUT2D eigenvalue weighted by molar-refractivity contribution is 7.13. The summed E-state index contributed by atoms with van der Waals surface area (Å²) in [6.07, 6.45) is 4.92. The minimum Gasteiger partial charge on any atom is -0.451 e. The lowest BCUT2D eigenvalue weighted by atomic mass is 10.0. The van der Waals surface area contributed by atoms with Crippen molar-refractivity contribution in [2.24, 2.45) is 0 Å². The van der Waals surface area contributed by atoms with E-state index in [4.69, 9.17) is 9.84 Å². The number of thiophene rings is 1. The average Bonchev–Trinajstić information content (AvgIpc) is 3.53. The molecule has 0 N–H and O–H groups in total. The van der Waals surface area contributed by atoms with E-state index in [1.165, 1.54) is 6.08 Å². The molecular weight excluding hydrogens is 432 g/mol. The summed E-state index contributed by atoms with van der Waals surface area (Å²) in [5.74, 6) is -0.804. The predicted octanol–water partition coefficient (Wildman–Crippen LogP) is 5.99. The van der Waals surface area contributed by atoms with Crippen LogP contribution < -0.4 is 0 Å². The Kier molecular flexibility index (Phi) is 6.95. The van der Waals surface area contributed by atoms with E-state index in [1.54, 1.807) is 41.2 Å². The van der Waals surface area contributed by atoms with E-state index in [1.807, 2.05) is 66.2 Å². The summed E-state index contributed by atoms with van der Waals surface area (Å²) in [5, 5.41) is 6.70. The van der Waals surface area contributed by atoms with Crippen LogP contribution >= 0.6 is 11.3 Å². The van der Waals surface area contributed by atoms with Crippen LogP contribution in [0, 0.1) is 0 Å². The van der Waals surface area contributed by atoms with E-state index >= 15 is 0 Å². The fourth-order valence-corrected chi connectivity index (χ4v) is 4.12. The van der Waals surface area contributed by atoms with Crippen molar-refractivity contribution in [1.29, 1.82) is 0 Å². The minimum atomic E-state index is -0.876. The number of ketones is 1. The molecular formula is C27H24N2O3S. The maximum Gasteiger partial charge on any atom is 0.331 e. The van der Waals surface area contributed by atoms with Gasteiger partial charge in [0.2, 0.25) is 5.78 Å². The van der Waals surface area contributed by atoms with E-state index < -0.39 is 12.1 Å². The summed E-state index contributed by atoms with van der Waals surface area (Å²) in [6.45, 7) is 3.65. The smallest absolute Gasteiger partial charge is 0.331 e. The number of benzene rings is 2. The van der Waals surface area contributed by atoms with Crippen molar-refractivity contribution in [3.8, 4) is 16.3 Å².